The number of ether oxygens (including phenoxy) is 1. The third-order valence-electron chi connectivity index (χ3n) is 3.04. The van der Waals surface area contributed by atoms with Crippen LogP contribution in [-0.4, -0.2) is 30.4 Å². The Morgan fingerprint density at radius 1 is 1.20 bits per heavy atom. The number of methoxy groups -OCH3 is 1. The van der Waals surface area contributed by atoms with Gasteiger partial charge in [-0.15, -0.1) is 21.5 Å². The molecular weight excluding hydrogens is 270 g/mol. The summed E-state index contributed by atoms with van der Waals surface area (Å²) < 4.78 is 5.36. The average molecular weight is 291 g/mol. The van der Waals surface area contributed by atoms with Crippen LogP contribution < -0.4 is 10.1 Å². The number of hydrogen-bond donors (Lipinski definition) is 1. The van der Waals surface area contributed by atoms with Crippen molar-refractivity contribution in [3.05, 3.63) is 39.8 Å². The van der Waals surface area contributed by atoms with E-state index in [-0.39, 0.29) is 0 Å². The van der Waals surface area contributed by atoms with Crippen molar-refractivity contribution >= 4 is 11.3 Å². The van der Waals surface area contributed by atoms with Crippen LogP contribution in [-0.2, 0) is 12.8 Å². The zero-order chi connectivity index (χ0) is 14.2. The topological polar surface area (TPSA) is 47.0 Å². The number of nitrogens with one attached hydrogen (secondary N) is 1. The second kappa shape index (κ2) is 7.97. The zero-order valence-electron chi connectivity index (χ0n) is 12.1. The lowest BCUT2D eigenvalue weighted by molar-refractivity contribution is 0.410. The molecule has 1 heterocycles. The molecule has 108 valence electrons. The van der Waals surface area contributed by atoms with Crippen LogP contribution >= 0.6 is 11.3 Å². The number of nitrogens with zero attached hydrogens (tertiary/aromatic N) is 2. The molecule has 0 radical (unpaired) electrons. The van der Waals surface area contributed by atoms with Crippen LogP contribution in [0.2, 0.25) is 0 Å². The Hall–Kier alpha value is -1.46. The summed E-state index contributed by atoms with van der Waals surface area (Å²) in [5, 5.41) is 14.0. The predicted molar refractivity (Wildman–Crippen MR) is 82.6 cm³/mol. The van der Waals surface area contributed by atoms with Crippen molar-refractivity contribution in [2.45, 2.75) is 26.2 Å². The number of hydrogen-bond acceptors (Lipinski definition) is 5. The molecule has 2 rings (SSSR count). The van der Waals surface area contributed by atoms with Crippen molar-refractivity contribution in [2.24, 2.45) is 0 Å². The quantitative estimate of drug-likeness (QED) is 0.760. The third kappa shape index (κ3) is 4.28. The van der Waals surface area contributed by atoms with Crippen LogP contribution in [0.15, 0.2) is 24.3 Å². The molecule has 1 aromatic carbocycles. The predicted octanol–water partition coefficient (Wildman–Crippen LogP) is 2.68. The Morgan fingerprint density at radius 3 is 2.80 bits per heavy atom. The largest absolute Gasteiger partial charge is 0.496 e. The summed E-state index contributed by atoms with van der Waals surface area (Å²) in [5.41, 5.74) is 1.16. The lowest BCUT2D eigenvalue weighted by Crippen LogP contribution is -2.14. The van der Waals surface area contributed by atoms with Crippen LogP contribution in [0.5, 0.6) is 5.75 Å². The molecule has 2 aromatic rings. The van der Waals surface area contributed by atoms with Crippen molar-refractivity contribution in [3.63, 3.8) is 0 Å². The highest BCUT2D eigenvalue weighted by Crippen LogP contribution is 2.22. The monoisotopic (exact) mass is 291 g/mol. The van der Waals surface area contributed by atoms with Crippen molar-refractivity contribution in [1.29, 1.82) is 0 Å². The highest BCUT2D eigenvalue weighted by molar-refractivity contribution is 7.11. The van der Waals surface area contributed by atoms with Crippen molar-refractivity contribution in [1.82, 2.24) is 15.5 Å². The molecule has 0 saturated heterocycles. The fraction of sp³-hybridized carbons (Fsp3) is 0.467. The minimum Gasteiger partial charge on any atom is -0.496 e. The van der Waals surface area contributed by atoms with E-state index in [0.29, 0.717) is 0 Å². The molecule has 0 aliphatic rings. The van der Waals surface area contributed by atoms with Gasteiger partial charge in [-0.25, -0.2) is 0 Å². The molecule has 0 saturated carbocycles. The molecule has 20 heavy (non-hydrogen) atoms. The molecule has 0 unspecified atom stereocenters. The van der Waals surface area contributed by atoms with Gasteiger partial charge in [-0.05, 0) is 25.6 Å². The highest BCUT2D eigenvalue weighted by Gasteiger charge is 2.08. The Morgan fingerprint density at radius 2 is 2.00 bits per heavy atom. The second-order valence-corrected chi connectivity index (χ2v) is 5.68. The van der Waals surface area contributed by atoms with Gasteiger partial charge in [0.1, 0.15) is 15.8 Å². The van der Waals surface area contributed by atoms with E-state index in [1.165, 1.54) is 0 Å². The van der Waals surface area contributed by atoms with Gasteiger partial charge < -0.3 is 10.1 Å². The SMILES string of the molecule is CCNCCCc1nnc(Cc2ccccc2OC)s1. The maximum absolute atomic E-state index is 5.36. The second-order valence-electron chi connectivity index (χ2n) is 4.54. The molecule has 5 heteroatoms. The van der Waals surface area contributed by atoms with Gasteiger partial charge >= 0.3 is 0 Å². The molecule has 0 spiro atoms. The number of para-hydroxylation sites is 1. The summed E-state index contributed by atoms with van der Waals surface area (Å²) in [6.07, 6.45) is 2.89. The number of rotatable bonds is 8. The molecule has 4 nitrogen and oxygen atoms in total. The minimum absolute atomic E-state index is 0.787. The Labute approximate surface area is 124 Å². The van der Waals surface area contributed by atoms with Crippen molar-refractivity contribution in [2.75, 3.05) is 20.2 Å². The molecule has 0 aliphatic heterocycles. The van der Waals surface area contributed by atoms with Crippen molar-refractivity contribution < 1.29 is 4.74 Å². The Kier molecular flexibility index (Phi) is 5.95. The van der Waals surface area contributed by atoms with E-state index in [4.69, 9.17) is 4.74 Å². The summed E-state index contributed by atoms with van der Waals surface area (Å²) in [6, 6.07) is 8.06. The molecule has 0 amide bonds. The molecule has 1 aromatic heterocycles. The van der Waals surface area contributed by atoms with Crippen LogP contribution in [0.4, 0.5) is 0 Å². The van der Waals surface area contributed by atoms with Gasteiger partial charge in [0.2, 0.25) is 0 Å². The number of aromatic nitrogens is 2. The molecular formula is C15H21N3OS. The normalized spacial score (nSPS) is 10.7. The molecule has 0 fully saturated rings. The summed E-state index contributed by atoms with van der Waals surface area (Å²) in [6.45, 7) is 4.18. The standard InChI is InChI=1S/C15H21N3OS/c1-3-16-10-6-9-14-17-18-15(20-14)11-12-7-4-5-8-13(12)19-2/h4-5,7-8,16H,3,6,9-11H2,1-2H3. The van der Waals surface area contributed by atoms with E-state index in [1.807, 2.05) is 18.2 Å². The summed E-state index contributed by atoms with van der Waals surface area (Å²) >= 11 is 1.70. The first-order valence-corrected chi connectivity index (χ1v) is 7.79. The molecule has 0 bridgehead atoms. The van der Waals surface area contributed by atoms with Crippen LogP contribution in [0, 0.1) is 0 Å². The minimum atomic E-state index is 0.787. The first kappa shape index (κ1) is 14.9. The fourth-order valence-corrected chi connectivity index (χ4v) is 2.92. The summed E-state index contributed by atoms with van der Waals surface area (Å²) in [7, 11) is 1.70. The first-order chi connectivity index (χ1) is 9.83. The van der Waals surface area contributed by atoms with E-state index >= 15 is 0 Å². The fourth-order valence-electron chi connectivity index (χ4n) is 2.01. The van der Waals surface area contributed by atoms with Gasteiger partial charge in [0, 0.05) is 18.4 Å². The van der Waals surface area contributed by atoms with Crippen LogP contribution in [0.3, 0.4) is 0 Å². The summed E-state index contributed by atoms with van der Waals surface area (Å²) in [4.78, 5) is 0. The van der Waals surface area contributed by atoms with E-state index in [9.17, 15) is 0 Å². The number of aryl methyl sites for hydroxylation is 1. The highest BCUT2D eigenvalue weighted by atomic mass is 32.1. The Balaban J connectivity index is 1.92. The molecule has 0 aliphatic carbocycles. The van der Waals surface area contributed by atoms with Crippen molar-refractivity contribution in [3.8, 4) is 5.75 Å². The smallest absolute Gasteiger partial charge is 0.122 e. The van der Waals surface area contributed by atoms with Crippen LogP contribution in [0.1, 0.15) is 28.9 Å². The van der Waals surface area contributed by atoms with Gasteiger partial charge in [-0.1, -0.05) is 25.1 Å². The van der Waals surface area contributed by atoms with E-state index in [0.717, 1.165) is 53.7 Å². The maximum Gasteiger partial charge on any atom is 0.122 e. The zero-order valence-corrected chi connectivity index (χ0v) is 12.9. The molecule has 1 N–H and O–H groups in total. The lowest BCUT2D eigenvalue weighted by atomic mass is 10.1. The lowest BCUT2D eigenvalue weighted by Gasteiger charge is -2.05. The molecule has 0 atom stereocenters. The van der Waals surface area contributed by atoms with E-state index < -0.39 is 0 Å². The van der Waals surface area contributed by atoms with Gasteiger partial charge in [0.25, 0.3) is 0 Å². The Bertz CT molecular complexity index is 527. The van der Waals surface area contributed by atoms with Gasteiger partial charge in [-0.3, -0.25) is 0 Å². The average Bonchev–Trinajstić information content (AvgIpc) is 2.92. The van der Waals surface area contributed by atoms with E-state index in [2.05, 4.69) is 28.5 Å². The van der Waals surface area contributed by atoms with Crippen LogP contribution in [0.25, 0.3) is 0 Å². The van der Waals surface area contributed by atoms with Gasteiger partial charge in [-0.2, -0.15) is 0 Å². The first-order valence-electron chi connectivity index (χ1n) is 6.97. The van der Waals surface area contributed by atoms with Gasteiger partial charge in [0.15, 0.2) is 0 Å². The van der Waals surface area contributed by atoms with E-state index in [1.54, 1.807) is 18.4 Å². The maximum atomic E-state index is 5.36. The summed E-state index contributed by atoms with van der Waals surface area (Å²) in [5.74, 6) is 0.913. The third-order valence-corrected chi connectivity index (χ3v) is 4.02. The number of benzene rings is 1. The van der Waals surface area contributed by atoms with Gasteiger partial charge in [0.05, 0.1) is 7.11 Å².